The van der Waals surface area contributed by atoms with Crippen LogP contribution in [-0.4, -0.2) is 0 Å². The van der Waals surface area contributed by atoms with Crippen LogP contribution in [0.15, 0.2) is 204 Å². The van der Waals surface area contributed by atoms with Crippen LogP contribution < -0.4 is 9.80 Å². The van der Waals surface area contributed by atoms with Gasteiger partial charge >= 0.3 is 0 Å². The summed E-state index contributed by atoms with van der Waals surface area (Å²) in [6.07, 6.45) is 6.84. The highest BCUT2D eigenvalue weighted by Crippen LogP contribution is 2.56. The Morgan fingerprint density at radius 3 is 1.60 bits per heavy atom. The maximum Gasteiger partial charge on any atom is 0.0552 e. The van der Waals surface area contributed by atoms with Crippen LogP contribution >= 0.6 is 68.9 Å². The van der Waals surface area contributed by atoms with Gasteiger partial charge in [0.05, 0.1) is 9.62 Å². The van der Waals surface area contributed by atoms with Crippen LogP contribution in [0.25, 0.3) is 51.5 Å². The van der Waals surface area contributed by atoms with Gasteiger partial charge in [-0.25, -0.2) is 0 Å². The van der Waals surface area contributed by atoms with Crippen molar-refractivity contribution in [3.63, 3.8) is 0 Å². The molecule has 2 aliphatic heterocycles. The van der Waals surface area contributed by atoms with E-state index in [-0.39, 0.29) is 4.75 Å². The molecular weight excluding hydrogens is 905 g/mol. The average molecular weight is 947 g/mol. The number of para-hydroxylation sites is 2. The van der Waals surface area contributed by atoms with E-state index in [4.69, 9.17) is 0 Å². The Bertz CT molecular complexity index is 3310. The lowest BCUT2D eigenvalue weighted by Crippen LogP contribution is -2.14. The molecule has 316 valence electrons. The van der Waals surface area contributed by atoms with E-state index in [2.05, 4.69) is 220 Å². The zero-order valence-electron chi connectivity index (χ0n) is 35.5. The molecule has 0 aliphatic carbocycles. The maximum atomic E-state index is 2.46. The first-order valence-electron chi connectivity index (χ1n) is 21.8. The molecule has 0 N–H and O–H groups in total. The summed E-state index contributed by atoms with van der Waals surface area (Å²) in [5, 5.41) is 12.1. The van der Waals surface area contributed by atoms with Crippen molar-refractivity contribution in [1.29, 1.82) is 0 Å². The number of thioether (sulfide) groups is 2. The summed E-state index contributed by atoms with van der Waals surface area (Å²) in [5.74, 6) is 0. The van der Waals surface area contributed by atoms with E-state index in [1.165, 1.54) is 67.6 Å². The van der Waals surface area contributed by atoms with Crippen LogP contribution in [-0.2, 0) is 4.75 Å². The smallest absolute Gasteiger partial charge is 0.0552 e. The molecule has 0 spiro atoms. The van der Waals surface area contributed by atoms with Crippen molar-refractivity contribution in [3.05, 3.63) is 214 Å². The molecule has 0 fully saturated rings. The standard InChI is InChI=1S/C57H42N2S6/c1-57(31-11-35-63-57)56-54(51-17-9-33-61-51)47-37-45(28-30-49(47)65-56)59(41-14-6-3-7-15-41)43-25-21-39(22-26-43)38-19-23-42(24-20-38)58(40-12-4-2-5-13-40)44-27-29-48-46(36-44)53(50-16-8-32-60-50)55(64-48)52-18-10-34-62-52/h2-16,18-30,32-37,51H,17,31H2,1H3. The zero-order valence-corrected chi connectivity index (χ0v) is 40.4. The fourth-order valence-corrected chi connectivity index (χ4v) is 15.8. The predicted octanol–water partition coefficient (Wildman–Crippen LogP) is 19.7. The molecule has 65 heavy (non-hydrogen) atoms. The van der Waals surface area contributed by atoms with Crippen LogP contribution in [0.5, 0.6) is 0 Å². The van der Waals surface area contributed by atoms with Gasteiger partial charge in [0.25, 0.3) is 0 Å². The summed E-state index contributed by atoms with van der Waals surface area (Å²) >= 11 is 11.5. The van der Waals surface area contributed by atoms with Crippen LogP contribution in [0, 0.1) is 0 Å². The fraction of sp³-hybridized carbons (Fsp3) is 0.0877. The van der Waals surface area contributed by atoms with Crippen molar-refractivity contribution >= 4 is 123 Å². The van der Waals surface area contributed by atoms with Gasteiger partial charge in [-0.05, 0) is 160 Å². The third-order valence-corrected chi connectivity index (χ3v) is 19.5. The second-order valence-electron chi connectivity index (χ2n) is 16.6. The number of anilines is 6. The summed E-state index contributed by atoms with van der Waals surface area (Å²) in [6.45, 7) is 2.43. The number of thiophene rings is 4. The molecule has 6 aromatic carbocycles. The van der Waals surface area contributed by atoms with Gasteiger partial charge in [-0.2, -0.15) is 0 Å². The monoisotopic (exact) mass is 946 g/mol. The van der Waals surface area contributed by atoms with Crippen LogP contribution in [0.3, 0.4) is 0 Å². The third kappa shape index (κ3) is 7.60. The number of hydrogen-bond donors (Lipinski definition) is 0. The molecule has 0 saturated heterocycles. The van der Waals surface area contributed by atoms with Crippen molar-refractivity contribution in [2.75, 3.05) is 9.80 Å². The molecule has 0 bridgehead atoms. The number of rotatable bonds is 11. The highest BCUT2D eigenvalue weighted by molar-refractivity contribution is 8.03. The largest absolute Gasteiger partial charge is 0.310 e. The molecule has 2 atom stereocenters. The van der Waals surface area contributed by atoms with Crippen molar-refractivity contribution in [3.8, 4) is 31.3 Å². The fourth-order valence-electron chi connectivity index (χ4n) is 9.32. The number of nitrogens with zero attached hydrogens (tertiary/aromatic N) is 2. The second-order valence-corrected chi connectivity index (χ2v) is 23.1. The highest BCUT2D eigenvalue weighted by atomic mass is 32.2. The number of benzene rings is 6. The van der Waals surface area contributed by atoms with Gasteiger partial charge in [0.15, 0.2) is 0 Å². The second kappa shape index (κ2) is 17.3. The summed E-state index contributed by atoms with van der Waals surface area (Å²) in [5.41, 5.74) is 12.1. The molecule has 4 aromatic heterocycles. The lowest BCUT2D eigenvalue weighted by Gasteiger charge is -2.27. The molecule has 10 aromatic rings. The first-order chi connectivity index (χ1) is 32.1. The molecule has 8 heteroatoms. The van der Waals surface area contributed by atoms with E-state index >= 15 is 0 Å². The lowest BCUT2D eigenvalue weighted by molar-refractivity contribution is 0.723. The number of fused-ring (bicyclic) bond motifs is 2. The minimum Gasteiger partial charge on any atom is -0.310 e. The SMILES string of the molecule is CC1(c2sc3ccc(N(c4ccccc4)c4ccc(-c5ccc(N(c6ccccc6)c6ccc7sc(-c8cccs8)c(-c8cccs8)c7c6)cc5)cc4)cc3c2C2CC=CS2)CC=CS1. The Balaban J connectivity index is 0.891. The van der Waals surface area contributed by atoms with Gasteiger partial charge in [0.1, 0.15) is 0 Å². The van der Waals surface area contributed by atoms with Crippen molar-refractivity contribution < 1.29 is 0 Å². The van der Waals surface area contributed by atoms with E-state index in [0.29, 0.717) is 5.25 Å². The van der Waals surface area contributed by atoms with Gasteiger partial charge in [0.2, 0.25) is 0 Å². The normalized spacial score (nSPS) is 16.8. The van der Waals surface area contributed by atoms with Crippen molar-refractivity contribution in [1.82, 2.24) is 0 Å². The number of allylic oxidation sites excluding steroid dienone is 2. The molecule has 6 heterocycles. The van der Waals surface area contributed by atoms with Crippen molar-refractivity contribution in [2.24, 2.45) is 0 Å². The van der Waals surface area contributed by atoms with Gasteiger partial charge in [-0.15, -0.1) is 68.9 Å². The molecule has 0 saturated carbocycles. The third-order valence-electron chi connectivity index (χ3n) is 12.4. The summed E-state index contributed by atoms with van der Waals surface area (Å²) in [4.78, 5) is 10.3. The van der Waals surface area contributed by atoms with E-state index in [1.807, 2.05) is 68.9 Å². The van der Waals surface area contributed by atoms with Gasteiger partial charge in [-0.3, -0.25) is 0 Å². The molecular formula is C57H42N2S6. The van der Waals surface area contributed by atoms with E-state index in [9.17, 15) is 0 Å². The Kier molecular flexibility index (Phi) is 10.9. The Morgan fingerprint density at radius 1 is 0.508 bits per heavy atom. The van der Waals surface area contributed by atoms with Gasteiger partial charge < -0.3 is 9.80 Å². The van der Waals surface area contributed by atoms with Crippen molar-refractivity contribution in [2.45, 2.75) is 29.8 Å². The molecule has 2 unspecified atom stereocenters. The lowest BCUT2D eigenvalue weighted by atomic mass is 9.96. The zero-order chi connectivity index (χ0) is 43.3. The summed E-state index contributed by atoms with van der Waals surface area (Å²) in [6, 6.07) is 62.7. The van der Waals surface area contributed by atoms with Crippen LogP contribution in [0.1, 0.15) is 35.5 Å². The summed E-state index contributed by atoms with van der Waals surface area (Å²) < 4.78 is 2.75. The Hall–Kier alpha value is -5.58. The quantitative estimate of drug-likeness (QED) is 0.127. The van der Waals surface area contributed by atoms with Crippen LogP contribution in [0.2, 0.25) is 0 Å². The number of hydrogen-bond acceptors (Lipinski definition) is 8. The first-order valence-corrected chi connectivity index (χ1v) is 27.0. The molecule has 2 aliphatic rings. The molecule has 2 nitrogen and oxygen atoms in total. The predicted molar refractivity (Wildman–Crippen MR) is 291 cm³/mol. The minimum atomic E-state index is 0.0800. The first kappa shape index (κ1) is 40.9. The minimum absolute atomic E-state index is 0.0800. The maximum absolute atomic E-state index is 2.46. The molecule has 12 rings (SSSR count). The Morgan fingerprint density at radius 2 is 1.06 bits per heavy atom. The highest BCUT2D eigenvalue weighted by Gasteiger charge is 2.36. The summed E-state index contributed by atoms with van der Waals surface area (Å²) in [7, 11) is 0. The van der Waals surface area contributed by atoms with Gasteiger partial charge in [-0.1, -0.05) is 84.9 Å². The molecule has 0 radical (unpaired) electrons. The van der Waals surface area contributed by atoms with Crippen LogP contribution in [0.4, 0.5) is 34.1 Å². The van der Waals surface area contributed by atoms with E-state index in [1.54, 1.807) is 0 Å². The topological polar surface area (TPSA) is 6.48 Å². The Labute approximate surface area is 404 Å². The van der Waals surface area contributed by atoms with E-state index in [0.717, 1.165) is 41.3 Å². The van der Waals surface area contributed by atoms with E-state index < -0.39 is 0 Å². The molecule has 0 amide bonds. The average Bonchev–Trinajstić information content (AvgIpc) is 4.22. The van der Waals surface area contributed by atoms with Gasteiger partial charge in [0, 0.05) is 74.4 Å².